The molecule has 1 aromatic heterocycles. The molecule has 0 aliphatic rings. The number of imidazole rings is 1. The molecule has 23 heavy (non-hydrogen) atoms. The van der Waals surface area contributed by atoms with Crippen molar-refractivity contribution in [2.75, 3.05) is 7.11 Å². The van der Waals surface area contributed by atoms with Crippen molar-refractivity contribution in [2.45, 2.75) is 25.7 Å². The molecule has 1 unspecified atom stereocenters. The Morgan fingerprint density at radius 3 is 2.61 bits per heavy atom. The van der Waals surface area contributed by atoms with Crippen LogP contribution in [0.5, 0.6) is 0 Å². The first-order valence-corrected chi connectivity index (χ1v) is 6.63. The predicted octanol–water partition coefficient (Wildman–Crippen LogP) is 1.73. The number of para-hydroxylation sites is 2. The summed E-state index contributed by atoms with van der Waals surface area (Å²) >= 11 is 0. The van der Waals surface area contributed by atoms with Crippen molar-refractivity contribution in [3.05, 3.63) is 30.1 Å². The highest BCUT2D eigenvalue weighted by Crippen LogP contribution is 2.31. The number of carbonyl (C=O) groups is 2. The standard InChI is InChI=1S/C14H14F3N3O3/c1-8(12(22)23-2)18-11(21)7-20-10-6-4-3-5-9(10)19-13(20)14(15,16)17/h3-6,8H,7H2,1-2H3,(H,18,21). The lowest BCUT2D eigenvalue weighted by Crippen LogP contribution is -2.41. The molecule has 1 atom stereocenters. The zero-order chi connectivity index (χ0) is 17.2. The number of amides is 1. The number of alkyl halides is 3. The summed E-state index contributed by atoms with van der Waals surface area (Å²) in [4.78, 5) is 26.7. The van der Waals surface area contributed by atoms with Gasteiger partial charge in [-0.2, -0.15) is 13.2 Å². The fraction of sp³-hybridized carbons (Fsp3) is 0.357. The van der Waals surface area contributed by atoms with E-state index in [1.54, 1.807) is 12.1 Å². The highest BCUT2D eigenvalue weighted by Gasteiger charge is 2.38. The van der Waals surface area contributed by atoms with E-state index >= 15 is 0 Å². The van der Waals surface area contributed by atoms with Gasteiger partial charge in [0.25, 0.3) is 0 Å². The molecule has 0 saturated carbocycles. The van der Waals surface area contributed by atoms with Gasteiger partial charge in [0, 0.05) is 0 Å². The Bertz CT molecular complexity index is 740. The summed E-state index contributed by atoms with van der Waals surface area (Å²) in [7, 11) is 1.15. The second-order valence-corrected chi connectivity index (χ2v) is 4.82. The Balaban J connectivity index is 2.31. The van der Waals surface area contributed by atoms with E-state index in [1.807, 2.05) is 0 Å². The van der Waals surface area contributed by atoms with Gasteiger partial charge in [-0.1, -0.05) is 12.1 Å². The molecule has 2 aromatic rings. The smallest absolute Gasteiger partial charge is 0.449 e. The second-order valence-electron chi connectivity index (χ2n) is 4.82. The minimum atomic E-state index is -4.70. The zero-order valence-electron chi connectivity index (χ0n) is 12.3. The summed E-state index contributed by atoms with van der Waals surface area (Å²) < 4.78 is 44.5. The number of benzene rings is 1. The van der Waals surface area contributed by atoms with Crippen LogP contribution >= 0.6 is 0 Å². The predicted molar refractivity (Wildman–Crippen MR) is 74.4 cm³/mol. The second kappa shape index (κ2) is 6.27. The minimum Gasteiger partial charge on any atom is -0.467 e. The van der Waals surface area contributed by atoms with Crippen LogP contribution in [0.1, 0.15) is 12.7 Å². The quantitative estimate of drug-likeness (QED) is 0.867. The third kappa shape index (κ3) is 3.61. The number of hydrogen-bond acceptors (Lipinski definition) is 4. The van der Waals surface area contributed by atoms with Crippen LogP contribution in [0.25, 0.3) is 11.0 Å². The van der Waals surface area contributed by atoms with Crippen molar-refractivity contribution in [3.63, 3.8) is 0 Å². The molecule has 2 rings (SSSR count). The lowest BCUT2D eigenvalue weighted by atomic mass is 10.3. The molecular formula is C14H14F3N3O3. The summed E-state index contributed by atoms with van der Waals surface area (Å²) in [5.74, 6) is -2.61. The Kier molecular flexibility index (Phi) is 4.57. The largest absolute Gasteiger partial charge is 0.467 e. The molecule has 0 aliphatic heterocycles. The molecule has 0 fully saturated rings. The van der Waals surface area contributed by atoms with E-state index in [9.17, 15) is 22.8 Å². The number of carbonyl (C=O) groups excluding carboxylic acids is 2. The minimum absolute atomic E-state index is 0.133. The van der Waals surface area contributed by atoms with Crippen molar-refractivity contribution in [1.82, 2.24) is 14.9 Å². The number of nitrogens with one attached hydrogen (secondary N) is 1. The Hall–Kier alpha value is -2.58. The van der Waals surface area contributed by atoms with E-state index in [4.69, 9.17) is 0 Å². The summed E-state index contributed by atoms with van der Waals surface area (Å²) in [6.07, 6.45) is -4.70. The van der Waals surface area contributed by atoms with Gasteiger partial charge in [0.1, 0.15) is 12.6 Å². The van der Waals surface area contributed by atoms with Crippen molar-refractivity contribution in [3.8, 4) is 0 Å². The van der Waals surface area contributed by atoms with E-state index in [2.05, 4.69) is 15.0 Å². The molecule has 0 spiro atoms. The fourth-order valence-electron chi connectivity index (χ4n) is 2.12. The van der Waals surface area contributed by atoms with Crippen LogP contribution in [0.4, 0.5) is 13.2 Å². The SMILES string of the molecule is COC(=O)C(C)NC(=O)Cn1c(C(F)(F)F)nc2ccccc21. The number of aromatic nitrogens is 2. The maximum absolute atomic E-state index is 13.1. The van der Waals surface area contributed by atoms with Gasteiger partial charge in [0.2, 0.25) is 11.7 Å². The first-order valence-electron chi connectivity index (χ1n) is 6.63. The number of esters is 1. The molecule has 0 radical (unpaired) electrons. The molecule has 0 aliphatic carbocycles. The lowest BCUT2D eigenvalue weighted by Gasteiger charge is -2.14. The topological polar surface area (TPSA) is 73.2 Å². The van der Waals surface area contributed by atoms with E-state index in [-0.39, 0.29) is 11.0 Å². The summed E-state index contributed by atoms with van der Waals surface area (Å²) in [6.45, 7) is 0.761. The van der Waals surface area contributed by atoms with Crippen molar-refractivity contribution >= 4 is 22.9 Å². The number of fused-ring (bicyclic) bond motifs is 1. The highest BCUT2D eigenvalue weighted by atomic mass is 19.4. The Morgan fingerprint density at radius 1 is 1.35 bits per heavy atom. The number of methoxy groups -OCH3 is 1. The third-order valence-electron chi connectivity index (χ3n) is 3.14. The molecular weight excluding hydrogens is 315 g/mol. The van der Waals surface area contributed by atoms with E-state index < -0.39 is 36.5 Å². The summed E-state index contributed by atoms with van der Waals surface area (Å²) in [5, 5.41) is 2.28. The zero-order valence-corrected chi connectivity index (χ0v) is 12.3. The van der Waals surface area contributed by atoms with Gasteiger partial charge in [-0.15, -0.1) is 0 Å². The maximum Gasteiger partial charge on any atom is 0.449 e. The Morgan fingerprint density at radius 2 is 2.00 bits per heavy atom. The molecule has 9 heteroatoms. The van der Waals surface area contributed by atoms with Gasteiger partial charge in [0.15, 0.2) is 0 Å². The average molecular weight is 329 g/mol. The number of ether oxygens (including phenoxy) is 1. The third-order valence-corrected chi connectivity index (χ3v) is 3.14. The summed E-state index contributed by atoms with van der Waals surface area (Å²) in [5.41, 5.74) is 0.314. The van der Waals surface area contributed by atoms with Crippen LogP contribution in [0.2, 0.25) is 0 Å². The highest BCUT2D eigenvalue weighted by molar-refractivity contribution is 5.85. The molecule has 0 saturated heterocycles. The first kappa shape index (κ1) is 16.8. The maximum atomic E-state index is 13.1. The van der Waals surface area contributed by atoms with Gasteiger partial charge in [0.05, 0.1) is 18.1 Å². The molecule has 0 bridgehead atoms. The van der Waals surface area contributed by atoms with Crippen LogP contribution in [-0.4, -0.2) is 34.6 Å². The van der Waals surface area contributed by atoms with Crippen LogP contribution in [0.15, 0.2) is 24.3 Å². The van der Waals surface area contributed by atoms with Gasteiger partial charge < -0.3 is 14.6 Å². The summed E-state index contributed by atoms with van der Waals surface area (Å²) in [6, 6.07) is 5.01. The van der Waals surface area contributed by atoms with Crippen LogP contribution in [-0.2, 0) is 27.0 Å². The van der Waals surface area contributed by atoms with Gasteiger partial charge in [-0.05, 0) is 19.1 Å². The number of halogens is 3. The molecule has 1 aromatic carbocycles. The van der Waals surface area contributed by atoms with Crippen molar-refractivity contribution in [1.29, 1.82) is 0 Å². The number of rotatable bonds is 4. The normalized spacial score (nSPS) is 12.9. The van der Waals surface area contributed by atoms with Crippen molar-refractivity contribution < 1.29 is 27.5 Å². The van der Waals surface area contributed by atoms with E-state index in [1.165, 1.54) is 19.1 Å². The number of nitrogens with zero attached hydrogens (tertiary/aromatic N) is 2. The molecule has 6 nitrogen and oxygen atoms in total. The van der Waals surface area contributed by atoms with Gasteiger partial charge in [-0.3, -0.25) is 4.79 Å². The average Bonchev–Trinajstić information content (AvgIpc) is 2.85. The van der Waals surface area contributed by atoms with Crippen LogP contribution in [0, 0.1) is 0 Å². The van der Waals surface area contributed by atoms with Crippen molar-refractivity contribution in [2.24, 2.45) is 0 Å². The first-order chi connectivity index (χ1) is 10.7. The number of hydrogen-bond donors (Lipinski definition) is 1. The molecule has 1 heterocycles. The van der Waals surface area contributed by atoms with Crippen LogP contribution in [0.3, 0.4) is 0 Å². The van der Waals surface area contributed by atoms with Gasteiger partial charge >= 0.3 is 12.1 Å². The monoisotopic (exact) mass is 329 g/mol. The fourth-order valence-corrected chi connectivity index (χ4v) is 2.12. The van der Waals surface area contributed by atoms with Gasteiger partial charge in [-0.25, -0.2) is 9.78 Å². The van der Waals surface area contributed by atoms with E-state index in [0.29, 0.717) is 0 Å². The Labute approximate surface area is 129 Å². The molecule has 124 valence electrons. The molecule has 1 amide bonds. The van der Waals surface area contributed by atoms with Crippen LogP contribution < -0.4 is 5.32 Å². The molecule has 1 N–H and O–H groups in total. The van der Waals surface area contributed by atoms with E-state index in [0.717, 1.165) is 11.7 Å². The lowest BCUT2D eigenvalue weighted by molar-refractivity contribution is -0.148.